The second-order valence-electron chi connectivity index (χ2n) is 9.24. The first-order valence-corrected chi connectivity index (χ1v) is 13.3. The summed E-state index contributed by atoms with van der Waals surface area (Å²) in [6, 6.07) is 25.6. The van der Waals surface area contributed by atoms with Crippen LogP contribution in [0.4, 0.5) is 0 Å². The third kappa shape index (κ3) is 8.00. The molecule has 0 radical (unpaired) electrons. The third-order valence-corrected chi connectivity index (χ3v) is 7.01. The Morgan fingerprint density at radius 1 is 0.829 bits per heavy atom. The lowest BCUT2D eigenvalue weighted by molar-refractivity contribution is -0.139. The summed E-state index contributed by atoms with van der Waals surface area (Å²) in [4.78, 5) is 28.9. The fourth-order valence-electron chi connectivity index (χ4n) is 4.01. The van der Waals surface area contributed by atoms with Crippen LogP contribution in [0, 0.1) is 13.8 Å². The Balaban J connectivity index is 1.86. The Morgan fingerprint density at radius 3 is 2.00 bits per heavy atom. The lowest BCUT2D eigenvalue weighted by atomic mass is 10.0. The standard InChI is InChI=1S/C30H36N2O2S/c1-22(2)31-30(34)28(18-25-14-6-5-7-15-25)32(19-26-16-10-8-12-23(26)3)29(33)21-35-20-27-17-11-9-13-24(27)4/h5-17,22,28H,18-21H2,1-4H3,(H,31,34). The largest absolute Gasteiger partial charge is 0.352 e. The number of carbonyl (C=O) groups excluding carboxylic acids is 2. The van der Waals surface area contributed by atoms with Crippen LogP contribution in [-0.4, -0.2) is 34.6 Å². The van der Waals surface area contributed by atoms with Crippen molar-refractivity contribution in [2.75, 3.05) is 5.75 Å². The fourth-order valence-corrected chi connectivity index (χ4v) is 5.00. The van der Waals surface area contributed by atoms with Gasteiger partial charge in [0.1, 0.15) is 6.04 Å². The number of carbonyl (C=O) groups is 2. The van der Waals surface area contributed by atoms with E-state index in [1.807, 2.05) is 87.5 Å². The van der Waals surface area contributed by atoms with Crippen LogP contribution in [0.3, 0.4) is 0 Å². The summed E-state index contributed by atoms with van der Waals surface area (Å²) >= 11 is 1.60. The zero-order chi connectivity index (χ0) is 25.2. The molecule has 3 rings (SSSR count). The van der Waals surface area contributed by atoms with E-state index in [2.05, 4.69) is 24.4 Å². The average molecular weight is 489 g/mol. The van der Waals surface area contributed by atoms with E-state index in [1.165, 1.54) is 11.1 Å². The van der Waals surface area contributed by atoms with Crippen LogP contribution in [0.25, 0.3) is 0 Å². The minimum atomic E-state index is -0.592. The first-order chi connectivity index (χ1) is 16.8. The number of thioether (sulfide) groups is 1. The van der Waals surface area contributed by atoms with Gasteiger partial charge in [0.2, 0.25) is 11.8 Å². The molecule has 1 atom stereocenters. The van der Waals surface area contributed by atoms with Crippen LogP contribution in [0.1, 0.15) is 41.7 Å². The number of aryl methyl sites for hydroxylation is 2. The van der Waals surface area contributed by atoms with Crippen molar-refractivity contribution in [1.82, 2.24) is 10.2 Å². The van der Waals surface area contributed by atoms with Crippen LogP contribution in [0.5, 0.6) is 0 Å². The third-order valence-electron chi connectivity index (χ3n) is 6.05. The SMILES string of the molecule is Cc1ccccc1CSCC(=O)N(Cc1ccccc1C)C(Cc1ccccc1)C(=O)NC(C)C. The van der Waals surface area contributed by atoms with Gasteiger partial charge < -0.3 is 10.2 Å². The molecular weight excluding hydrogens is 452 g/mol. The van der Waals surface area contributed by atoms with Gasteiger partial charge in [0.05, 0.1) is 5.75 Å². The van der Waals surface area contributed by atoms with E-state index >= 15 is 0 Å². The summed E-state index contributed by atoms with van der Waals surface area (Å²) < 4.78 is 0. The van der Waals surface area contributed by atoms with Gasteiger partial charge in [-0.05, 0) is 55.5 Å². The predicted molar refractivity (Wildman–Crippen MR) is 146 cm³/mol. The van der Waals surface area contributed by atoms with Crippen LogP contribution in [-0.2, 0) is 28.3 Å². The van der Waals surface area contributed by atoms with Crippen LogP contribution >= 0.6 is 11.8 Å². The second kappa shape index (κ2) is 13.1. The number of hydrogen-bond acceptors (Lipinski definition) is 3. The molecule has 0 aliphatic rings. The maximum Gasteiger partial charge on any atom is 0.243 e. The topological polar surface area (TPSA) is 49.4 Å². The number of benzene rings is 3. The molecule has 0 saturated carbocycles. The molecule has 3 aromatic carbocycles. The summed E-state index contributed by atoms with van der Waals surface area (Å²) in [5.74, 6) is 0.944. The molecule has 3 aromatic rings. The lowest BCUT2D eigenvalue weighted by Gasteiger charge is -2.32. The van der Waals surface area contributed by atoms with Gasteiger partial charge in [-0.2, -0.15) is 0 Å². The van der Waals surface area contributed by atoms with E-state index in [-0.39, 0.29) is 17.9 Å². The normalized spacial score (nSPS) is 11.8. The molecule has 5 heteroatoms. The Hall–Kier alpha value is -3.05. The molecule has 2 amide bonds. The second-order valence-corrected chi connectivity index (χ2v) is 10.2. The first kappa shape index (κ1) is 26.6. The number of hydrogen-bond donors (Lipinski definition) is 1. The van der Waals surface area contributed by atoms with E-state index in [9.17, 15) is 9.59 Å². The molecule has 0 fully saturated rings. The molecule has 0 heterocycles. The minimum Gasteiger partial charge on any atom is -0.352 e. The van der Waals surface area contributed by atoms with Gasteiger partial charge in [0, 0.05) is 24.8 Å². The smallest absolute Gasteiger partial charge is 0.243 e. The number of rotatable bonds is 11. The van der Waals surface area contributed by atoms with Crippen LogP contribution in [0.2, 0.25) is 0 Å². The van der Waals surface area contributed by atoms with E-state index < -0.39 is 6.04 Å². The predicted octanol–water partition coefficient (Wildman–Crippen LogP) is 5.70. The molecule has 0 saturated heterocycles. The molecule has 0 spiro atoms. The van der Waals surface area contributed by atoms with Crippen molar-refractivity contribution in [2.24, 2.45) is 0 Å². The number of amides is 2. The highest BCUT2D eigenvalue weighted by Gasteiger charge is 2.30. The van der Waals surface area contributed by atoms with Gasteiger partial charge in [0.25, 0.3) is 0 Å². The summed E-state index contributed by atoms with van der Waals surface area (Å²) in [6.45, 7) is 8.44. The molecule has 0 aliphatic heterocycles. The maximum atomic E-state index is 13.7. The molecule has 0 bridgehead atoms. The zero-order valence-electron chi connectivity index (χ0n) is 21.2. The molecule has 0 aromatic heterocycles. The zero-order valence-corrected chi connectivity index (χ0v) is 22.0. The minimum absolute atomic E-state index is 0.00776. The van der Waals surface area contributed by atoms with Crippen LogP contribution < -0.4 is 5.32 Å². The van der Waals surface area contributed by atoms with E-state index in [1.54, 1.807) is 16.7 Å². The van der Waals surface area contributed by atoms with Gasteiger partial charge in [-0.25, -0.2) is 0 Å². The van der Waals surface area contributed by atoms with Crippen LogP contribution in [0.15, 0.2) is 78.9 Å². The molecule has 0 aliphatic carbocycles. The van der Waals surface area contributed by atoms with Crippen molar-refractivity contribution < 1.29 is 9.59 Å². The van der Waals surface area contributed by atoms with Crippen molar-refractivity contribution in [3.8, 4) is 0 Å². The summed E-state index contributed by atoms with van der Waals surface area (Å²) in [6.07, 6.45) is 0.472. The van der Waals surface area contributed by atoms with Crippen molar-refractivity contribution in [3.63, 3.8) is 0 Å². The Kier molecular flexibility index (Phi) is 9.98. The monoisotopic (exact) mass is 488 g/mol. The molecular formula is C30H36N2O2S. The van der Waals surface area contributed by atoms with E-state index in [0.717, 1.165) is 22.4 Å². The van der Waals surface area contributed by atoms with Gasteiger partial charge in [-0.1, -0.05) is 78.9 Å². The van der Waals surface area contributed by atoms with Gasteiger partial charge >= 0.3 is 0 Å². The van der Waals surface area contributed by atoms with Crippen molar-refractivity contribution in [2.45, 2.75) is 58.5 Å². The summed E-state index contributed by atoms with van der Waals surface area (Å²) in [5, 5.41) is 3.05. The first-order valence-electron chi connectivity index (χ1n) is 12.2. The number of nitrogens with one attached hydrogen (secondary N) is 1. The van der Waals surface area contributed by atoms with Crippen molar-refractivity contribution in [3.05, 3.63) is 107 Å². The maximum absolute atomic E-state index is 13.7. The van der Waals surface area contributed by atoms with E-state index in [4.69, 9.17) is 0 Å². The van der Waals surface area contributed by atoms with Crippen molar-refractivity contribution >= 4 is 23.6 Å². The number of nitrogens with zero attached hydrogens (tertiary/aromatic N) is 1. The molecule has 184 valence electrons. The van der Waals surface area contributed by atoms with Gasteiger partial charge in [-0.3, -0.25) is 9.59 Å². The van der Waals surface area contributed by atoms with E-state index in [0.29, 0.717) is 18.7 Å². The summed E-state index contributed by atoms with van der Waals surface area (Å²) in [5.41, 5.74) is 5.66. The molecule has 1 N–H and O–H groups in total. The highest BCUT2D eigenvalue weighted by Crippen LogP contribution is 2.21. The fraction of sp³-hybridized carbons (Fsp3) is 0.333. The molecule has 1 unspecified atom stereocenters. The quantitative estimate of drug-likeness (QED) is 0.377. The van der Waals surface area contributed by atoms with Crippen molar-refractivity contribution in [1.29, 1.82) is 0 Å². The lowest BCUT2D eigenvalue weighted by Crippen LogP contribution is -2.52. The molecule has 4 nitrogen and oxygen atoms in total. The summed E-state index contributed by atoms with van der Waals surface area (Å²) in [7, 11) is 0. The highest BCUT2D eigenvalue weighted by molar-refractivity contribution is 7.99. The van der Waals surface area contributed by atoms with Gasteiger partial charge in [-0.15, -0.1) is 11.8 Å². The average Bonchev–Trinajstić information content (AvgIpc) is 2.83. The molecule has 35 heavy (non-hydrogen) atoms. The Bertz CT molecular complexity index is 1110. The van der Waals surface area contributed by atoms with Gasteiger partial charge in [0.15, 0.2) is 0 Å². The Labute approximate surface area is 214 Å². The Morgan fingerprint density at radius 2 is 1.40 bits per heavy atom. The highest BCUT2D eigenvalue weighted by atomic mass is 32.2.